The number of carbonyl (C=O) groups is 1. The zero-order valence-electron chi connectivity index (χ0n) is 22.9. The van der Waals surface area contributed by atoms with E-state index in [9.17, 15) is 9.90 Å². The Bertz CT molecular complexity index is 1200. The number of hydrogen-bond donors (Lipinski definition) is 3. The Morgan fingerprint density at radius 2 is 1.36 bits per heavy atom. The summed E-state index contributed by atoms with van der Waals surface area (Å²) in [4.78, 5) is 15.7. The fourth-order valence-electron chi connectivity index (χ4n) is 3.69. The zero-order chi connectivity index (χ0) is 28.0. The van der Waals surface area contributed by atoms with Gasteiger partial charge in [0.05, 0.1) is 35.9 Å². The molecule has 0 radical (unpaired) electrons. The van der Waals surface area contributed by atoms with Crippen molar-refractivity contribution < 1.29 is 14.6 Å². The quantitative estimate of drug-likeness (QED) is 0.0916. The predicted octanol–water partition coefficient (Wildman–Crippen LogP) is 6.31. The summed E-state index contributed by atoms with van der Waals surface area (Å²) < 4.78 is 5.16. The Morgan fingerprint density at radius 3 is 1.87 bits per heavy atom. The van der Waals surface area contributed by atoms with Crippen LogP contribution in [0.2, 0.25) is 0 Å². The summed E-state index contributed by atoms with van der Waals surface area (Å²) >= 11 is 0. The minimum atomic E-state index is -0.371. The number of nitrogens with one attached hydrogen (secondary N) is 2. The first-order valence-corrected chi connectivity index (χ1v) is 13.0. The highest BCUT2D eigenvalue weighted by Gasteiger charge is 2.06. The van der Waals surface area contributed by atoms with Crippen molar-refractivity contribution in [1.82, 2.24) is 0 Å². The van der Waals surface area contributed by atoms with E-state index in [-0.39, 0.29) is 12.6 Å². The molecular weight excluding hydrogens is 492 g/mol. The Hall–Kier alpha value is -4.37. The number of rotatable bonds is 15. The first kappa shape index (κ1) is 29.2. The largest absolute Gasteiger partial charge is 0.460 e. The molecule has 0 heterocycles. The Morgan fingerprint density at radius 1 is 0.846 bits per heavy atom. The number of likely N-dealkylation sites (N-methyl/N-ethyl adjacent to an activating group) is 1. The molecule has 0 bridgehead atoms. The van der Waals surface area contributed by atoms with Crippen LogP contribution in [0.5, 0.6) is 0 Å². The molecule has 3 rings (SSSR count). The van der Waals surface area contributed by atoms with Crippen LogP contribution in [0, 0.1) is 0 Å². The monoisotopic (exact) mass is 530 g/mol. The number of aliphatic hydroxyl groups is 1. The lowest BCUT2D eigenvalue weighted by Crippen LogP contribution is -2.27. The van der Waals surface area contributed by atoms with Crippen molar-refractivity contribution in [3.63, 3.8) is 0 Å². The van der Waals surface area contributed by atoms with E-state index in [1.807, 2.05) is 84.7 Å². The van der Waals surface area contributed by atoms with Gasteiger partial charge in [0.1, 0.15) is 6.61 Å². The number of anilines is 4. The average molecular weight is 531 g/mol. The van der Waals surface area contributed by atoms with Gasteiger partial charge in [-0.2, -0.15) is 10.2 Å². The fraction of sp³-hybridized carbons (Fsp3) is 0.300. The van der Waals surface area contributed by atoms with Crippen molar-refractivity contribution in [2.24, 2.45) is 10.2 Å². The Kier molecular flexibility index (Phi) is 11.3. The van der Waals surface area contributed by atoms with Crippen LogP contribution in [0.25, 0.3) is 0 Å². The van der Waals surface area contributed by atoms with Gasteiger partial charge in [-0.1, -0.05) is 13.5 Å². The molecule has 0 fully saturated rings. The molecule has 0 saturated carbocycles. The van der Waals surface area contributed by atoms with E-state index in [4.69, 9.17) is 4.74 Å². The van der Waals surface area contributed by atoms with Crippen LogP contribution in [0.3, 0.4) is 0 Å². The standard InChI is InChI=1S/C30H38N6O3/c1-5-18-36(19-21-37)29-16-12-27(13-17-29)34-32-25-8-6-24(7-9-25)31-33-26-10-14-28(15-11-26)35(4)20-22-39-30(38)23(2)3/h6-17,31,33,37H,2,5,18-22H2,1,3-4H3. The van der Waals surface area contributed by atoms with E-state index in [0.29, 0.717) is 25.3 Å². The van der Waals surface area contributed by atoms with Gasteiger partial charge >= 0.3 is 5.97 Å². The van der Waals surface area contributed by atoms with Crippen LogP contribution < -0.4 is 20.7 Å². The van der Waals surface area contributed by atoms with Crippen LogP contribution in [0.4, 0.5) is 34.1 Å². The lowest BCUT2D eigenvalue weighted by Gasteiger charge is -2.23. The minimum absolute atomic E-state index is 0.128. The molecule has 0 aliphatic heterocycles. The van der Waals surface area contributed by atoms with Gasteiger partial charge in [-0.3, -0.25) is 0 Å². The van der Waals surface area contributed by atoms with Gasteiger partial charge in [0.15, 0.2) is 0 Å². The number of esters is 1. The van der Waals surface area contributed by atoms with Crippen molar-refractivity contribution in [3.05, 3.63) is 84.9 Å². The molecular formula is C30H38N6O3. The number of aliphatic hydroxyl groups excluding tert-OH is 1. The van der Waals surface area contributed by atoms with Gasteiger partial charge in [0.25, 0.3) is 0 Å². The molecule has 3 aromatic carbocycles. The average Bonchev–Trinajstić information content (AvgIpc) is 2.96. The fourth-order valence-corrected chi connectivity index (χ4v) is 3.69. The molecule has 9 heteroatoms. The van der Waals surface area contributed by atoms with Crippen LogP contribution in [-0.4, -0.2) is 51.0 Å². The second-order valence-electron chi connectivity index (χ2n) is 9.11. The third-order valence-electron chi connectivity index (χ3n) is 5.89. The van der Waals surface area contributed by atoms with Crippen LogP contribution in [-0.2, 0) is 9.53 Å². The number of hydrazine groups is 1. The van der Waals surface area contributed by atoms with Crippen molar-refractivity contribution in [1.29, 1.82) is 0 Å². The summed E-state index contributed by atoms with van der Waals surface area (Å²) in [5, 5.41) is 18.0. The molecule has 9 nitrogen and oxygen atoms in total. The molecule has 0 aromatic heterocycles. The van der Waals surface area contributed by atoms with Crippen molar-refractivity contribution >= 4 is 40.1 Å². The Labute approximate surface area is 230 Å². The maximum absolute atomic E-state index is 11.5. The number of nitrogens with zero attached hydrogens (tertiary/aromatic N) is 4. The van der Waals surface area contributed by atoms with Crippen LogP contribution in [0.1, 0.15) is 20.3 Å². The lowest BCUT2D eigenvalue weighted by molar-refractivity contribution is -0.138. The predicted molar refractivity (Wildman–Crippen MR) is 159 cm³/mol. The first-order valence-electron chi connectivity index (χ1n) is 13.0. The number of benzene rings is 3. The molecule has 3 aromatic rings. The molecule has 0 saturated heterocycles. The molecule has 0 unspecified atom stereocenters. The van der Waals surface area contributed by atoms with Crippen molar-refractivity contribution in [2.45, 2.75) is 20.3 Å². The van der Waals surface area contributed by atoms with Gasteiger partial charge < -0.3 is 30.5 Å². The smallest absolute Gasteiger partial charge is 0.333 e. The zero-order valence-corrected chi connectivity index (χ0v) is 22.9. The highest BCUT2D eigenvalue weighted by Crippen LogP contribution is 2.24. The maximum atomic E-state index is 11.5. The van der Waals surface area contributed by atoms with E-state index in [1.54, 1.807) is 6.92 Å². The van der Waals surface area contributed by atoms with E-state index < -0.39 is 0 Å². The Balaban J connectivity index is 1.47. The highest BCUT2D eigenvalue weighted by molar-refractivity contribution is 5.86. The lowest BCUT2D eigenvalue weighted by atomic mass is 10.2. The maximum Gasteiger partial charge on any atom is 0.333 e. The summed E-state index contributed by atoms with van der Waals surface area (Å²) in [5.41, 5.74) is 12.2. The molecule has 0 spiro atoms. The number of azo groups is 1. The molecule has 0 atom stereocenters. The molecule has 0 aliphatic rings. The van der Waals surface area contributed by atoms with Crippen molar-refractivity contribution in [3.8, 4) is 0 Å². The third kappa shape index (κ3) is 9.46. The van der Waals surface area contributed by atoms with Gasteiger partial charge in [0, 0.05) is 37.1 Å². The normalized spacial score (nSPS) is 10.8. The van der Waals surface area contributed by atoms with Gasteiger partial charge in [-0.15, -0.1) is 0 Å². The van der Waals surface area contributed by atoms with E-state index in [1.165, 1.54) is 0 Å². The van der Waals surface area contributed by atoms with E-state index in [0.717, 1.165) is 47.1 Å². The van der Waals surface area contributed by atoms with Gasteiger partial charge in [-0.05, 0) is 86.1 Å². The number of carbonyl (C=O) groups excluding carboxylic acids is 1. The summed E-state index contributed by atoms with van der Waals surface area (Å²) in [5.74, 6) is -0.371. The number of ether oxygens (including phenoxy) is 1. The minimum Gasteiger partial charge on any atom is -0.460 e. The van der Waals surface area contributed by atoms with Gasteiger partial charge in [0.2, 0.25) is 0 Å². The third-order valence-corrected chi connectivity index (χ3v) is 5.89. The molecule has 0 amide bonds. The molecule has 0 aliphatic carbocycles. The second kappa shape index (κ2) is 15.1. The number of hydrogen-bond acceptors (Lipinski definition) is 9. The van der Waals surface area contributed by atoms with Crippen LogP contribution >= 0.6 is 0 Å². The molecule has 39 heavy (non-hydrogen) atoms. The SMILES string of the molecule is C=C(C)C(=O)OCCN(C)c1ccc(NNc2ccc(N=Nc3ccc(N(CCC)CCO)cc3)cc2)cc1. The topological polar surface area (TPSA) is 102 Å². The van der Waals surface area contributed by atoms with Crippen LogP contribution in [0.15, 0.2) is 95.2 Å². The summed E-state index contributed by atoms with van der Waals surface area (Å²) in [6.45, 7) is 9.87. The van der Waals surface area contributed by atoms with Crippen molar-refractivity contribution in [2.75, 3.05) is 60.5 Å². The summed E-state index contributed by atoms with van der Waals surface area (Å²) in [6.07, 6.45) is 1.02. The first-order chi connectivity index (χ1) is 18.9. The van der Waals surface area contributed by atoms with E-state index in [2.05, 4.69) is 39.5 Å². The van der Waals surface area contributed by atoms with E-state index >= 15 is 0 Å². The molecule has 206 valence electrons. The molecule has 3 N–H and O–H groups in total. The second-order valence-corrected chi connectivity index (χ2v) is 9.11. The summed E-state index contributed by atoms with van der Waals surface area (Å²) in [7, 11) is 1.95. The van der Waals surface area contributed by atoms with Gasteiger partial charge in [-0.25, -0.2) is 4.79 Å². The highest BCUT2D eigenvalue weighted by atomic mass is 16.5. The summed E-state index contributed by atoms with van der Waals surface area (Å²) in [6, 6.07) is 23.4.